The van der Waals surface area contributed by atoms with E-state index in [2.05, 4.69) is 4.98 Å². The Morgan fingerprint density at radius 1 is 0.739 bits per heavy atom. The van der Waals surface area contributed by atoms with E-state index in [0.29, 0.717) is 0 Å². The van der Waals surface area contributed by atoms with E-state index in [1.807, 2.05) is 0 Å². The first-order valence-corrected chi connectivity index (χ1v) is 21.5. The topological polar surface area (TPSA) is 305 Å². The van der Waals surface area contributed by atoms with E-state index in [9.17, 15) is 43.5 Å². The van der Waals surface area contributed by atoms with Crippen molar-refractivity contribution in [2.24, 2.45) is 11.3 Å². The van der Waals surface area contributed by atoms with E-state index in [1.165, 1.54) is 37.4 Å². The summed E-state index contributed by atoms with van der Waals surface area (Å²) in [5, 5.41) is 13.9. The van der Waals surface area contributed by atoms with Crippen molar-refractivity contribution in [1.29, 1.82) is 0 Å². The maximum absolute atomic E-state index is 15.3. The van der Waals surface area contributed by atoms with Crippen LogP contribution in [0.1, 0.15) is 98.6 Å². The Bertz CT molecular complexity index is 2530. The lowest BCUT2D eigenvalue weighted by atomic mass is 9.45. The van der Waals surface area contributed by atoms with Crippen molar-refractivity contribution in [3.8, 4) is 0 Å². The van der Waals surface area contributed by atoms with Gasteiger partial charge in [-0.1, -0.05) is 0 Å². The van der Waals surface area contributed by atoms with Gasteiger partial charge in [0.25, 0.3) is 0 Å². The molecule has 12 atom stereocenters. The summed E-state index contributed by atoms with van der Waals surface area (Å²) in [4.78, 5) is 129. The number of carbonyl (C=O) groups excluding carboxylic acids is 9. The number of esters is 9. The van der Waals surface area contributed by atoms with Gasteiger partial charge in [0.2, 0.25) is 5.60 Å². The van der Waals surface area contributed by atoms with E-state index in [0.717, 1.165) is 73.5 Å². The van der Waals surface area contributed by atoms with Crippen molar-refractivity contribution >= 4 is 53.7 Å². The zero-order chi connectivity index (χ0) is 50.4. The molecule has 1 spiro atoms. The third-order valence-corrected chi connectivity index (χ3v) is 13.0. The van der Waals surface area contributed by atoms with Crippen molar-refractivity contribution < 1.29 is 104 Å². The number of rotatable bonds is 10. The maximum Gasteiger partial charge on any atom is 0.350 e. The minimum atomic E-state index is -3.08. The molecule has 23 heteroatoms. The van der Waals surface area contributed by atoms with Gasteiger partial charge in [0.05, 0.1) is 40.8 Å². The van der Waals surface area contributed by atoms with Gasteiger partial charge < -0.3 is 61.3 Å². The molecule has 1 N–H and O–H groups in total. The maximum atomic E-state index is 15.3. The molecule has 7 rings (SSSR count). The molecule has 4 aliphatic rings. The second kappa shape index (κ2) is 18.4. The second-order valence-electron chi connectivity index (χ2n) is 17.7. The third-order valence-electron chi connectivity index (χ3n) is 13.0. The molecule has 0 amide bonds. The molecular formula is C46H49NO22. The molecule has 0 aromatic carbocycles. The van der Waals surface area contributed by atoms with Gasteiger partial charge in [0.15, 0.2) is 30.0 Å². The molecule has 5 heterocycles. The summed E-state index contributed by atoms with van der Waals surface area (Å²) < 4.78 is 71.4. The average Bonchev–Trinajstić information content (AvgIpc) is 4.05. The molecule has 1 saturated heterocycles. The highest BCUT2D eigenvalue weighted by Gasteiger charge is 2.92. The van der Waals surface area contributed by atoms with Gasteiger partial charge in [-0.15, -0.1) is 0 Å². The quantitative estimate of drug-likeness (QED) is 0.225. The van der Waals surface area contributed by atoms with E-state index >= 15 is 4.79 Å². The Kier molecular flexibility index (Phi) is 13.3. The summed E-state index contributed by atoms with van der Waals surface area (Å²) in [5.41, 5.74) is -14.0. The normalized spacial score (nSPS) is 33.7. The second-order valence-corrected chi connectivity index (χ2v) is 17.7. The summed E-state index contributed by atoms with van der Waals surface area (Å²) in [5.74, 6) is -12.0. The molecule has 23 nitrogen and oxygen atoms in total. The summed E-state index contributed by atoms with van der Waals surface area (Å²) in [6.07, 6.45) is -8.39. The Labute approximate surface area is 392 Å². The molecule has 370 valence electrons. The number of cyclic esters (lactones) is 1. The number of hydrogen-bond donors (Lipinski definition) is 1. The molecule has 4 bridgehead atoms. The first-order chi connectivity index (χ1) is 32.4. The van der Waals surface area contributed by atoms with Crippen molar-refractivity contribution in [3.63, 3.8) is 0 Å². The summed E-state index contributed by atoms with van der Waals surface area (Å²) in [6.45, 7) is 6.17. The van der Waals surface area contributed by atoms with Crippen LogP contribution in [-0.4, -0.2) is 136 Å². The van der Waals surface area contributed by atoms with Crippen LogP contribution in [0.15, 0.2) is 64.3 Å². The summed E-state index contributed by atoms with van der Waals surface area (Å²) >= 11 is 0. The molecule has 2 aliphatic heterocycles. The number of aromatic nitrogens is 1. The molecule has 2 aliphatic carbocycles. The molecule has 3 fully saturated rings. The fourth-order valence-electron chi connectivity index (χ4n) is 10.3. The van der Waals surface area contributed by atoms with E-state index in [-0.39, 0.29) is 28.8 Å². The molecule has 3 aromatic rings. The van der Waals surface area contributed by atoms with Gasteiger partial charge in [-0.05, 0) is 51.5 Å². The van der Waals surface area contributed by atoms with Crippen LogP contribution in [0.4, 0.5) is 0 Å². The minimum absolute atomic E-state index is 0.0315. The van der Waals surface area contributed by atoms with E-state index in [1.54, 1.807) is 0 Å². The first kappa shape index (κ1) is 49.8. The highest BCUT2D eigenvalue weighted by atomic mass is 16.7. The van der Waals surface area contributed by atoms with Crippen LogP contribution in [0.2, 0.25) is 0 Å². The zero-order valence-electron chi connectivity index (χ0n) is 38.5. The molecule has 2 saturated carbocycles. The number of ether oxygens (including phenoxy) is 10. The Morgan fingerprint density at radius 3 is 1.88 bits per heavy atom. The Morgan fingerprint density at radius 2 is 1.32 bits per heavy atom. The molecule has 69 heavy (non-hydrogen) atoms. The summed E-state index contributed by atoms with van der Waals surface area (Å²) in [6, 6.07) is 5.19. The van der Waals surface area contributed by atoms with Gasteiger partial charge in [0.1, 0.15) is 54.6 Å². The highest BCUT2D eigenvalue weighted by molar-refractivity contribution is 5.93. The average molecular weight is 968 g/mol. The molecule has 0 unspecified atom stereocenters. The number of carbonyl (C=O) groups is 9. The molecule has 0 radical (unpaired) electrons. The molecular weight excluding hydrogens is 918 g/mol. The van der Waals surface area contributed by atoms with Crippen LogP contribution in [0, 0.1) is 11.3 Å². The lowest BCUT2D eigenvalue weighted by Gasteiger charge is -2.67. The fraction of sp³-hybridized carbons (Fsp3) is 0.522. The van der Waals surface area contributed by atoms with Crippen LogP contribution in [0.3, 0.4) is 0 Å². The standard InChI is InChI=1S/C46H49NO22/c1-22(48)60-21-45-36(64-25(4)51)32(62-23(2)49)31-34(63-24(3)50)46(45)44(8,57)35(33(37(45)65-26(5)52)66-38(53)27-12-16-58-18-27)67-41(56)42(6,68-39(54)28-13-17-59-19-28)14-11-30-29(10-9-15-47-30)40(55)61-20-43(31,7)69-46/h9-10,12-13,15-19,31-37,57H,11,14,20-21H2,1-8H3/t31-,32+,33-,34+,35-,36+,37-,42+,43-,44-,45+,46-/m0/s1. The monoisotopic (exact) mass is 967 g/mol. The largest absolute Gasteiger partial charge is 0.472 e. The van der Waals surface area contributed by atoms with E-state index < -0.39 is 144 Å². The van der Waals surface area contributed by atoms with Crippen LogP contribution in [-0.2, 0) is 82.6 Å². The Balaban J connectivity index is 1.61. The van der Waals surface area contributed by atoms with Crippen LogP contribution < -0.4 is 0 Å². The third kappa shape index (κ3) is 8.57. The number of hydrogen-bond acceptors (Lipinski definition) is 23. The number of furan rings is 2. The van der Waals surface area contributed by atoms with Crippen molar-refractivity contribution in [2.75, 3.05) is 13.2 Å². The lowest BCUT2D eigenvalue weighted by molar-refractivity contribution is -0.386. The minimum Gasteiger partial charge on any atom is -0.472 e. The van der Waals surface area contributed by atoms with Crippen molar-refractivity contribution in [2.45, 2.75) is 127 Å². The number of pyridine rings is 1. The first-order valence-electron chi connectivity index (χ1n) is 21.5. The van der Waals surface area contributed by atoms with Gasteiger partial charge in [-0.2, -0.15) is 0 Å². The number of aliphatic hydroxyl groups is 1. The lowest BCUT2D eigenvalue weighted by Crippen LogP contribution is -2.89. The summed E-state index contributed by atoms with van der Waals surface area (Å²) in [7, 11) is 0. The SMILES string of the molecule is CC(=O)OC[C@]12[C@H](OC(C)=O)[C@H](OC(C)=O)[C@H]3[C@@H](OC(C)=O)[C@@]14O[C@@]3(C)COC(=O)c1cccnc1CC[C@@](C)(OC(=O)c1ccoc1)C(=O)O[C@@H]([C@H](OC(=O)c1ccoc1)[C@@H]2OC(C)=O)[C@]4(C)O. The number of fused-ring (bicyclic) bond motifs is 5. The van der Waals surface area contributed by atoms with Crippen molar-refractivity contribution in [1.82, 2.24) is 4.98 Å². The highest BCUT2D eigenvalue weighted by Crippen LogP contribution is 2.70. The van der Waals surface area contributed by atoms with Crippen molar-refractivity contribution in [3.05, 3.63) is 77.9 Å². The molecule has 3 aromatic heterocycles. The van der Waals surface area contributed by atoms with Gasteiger partial charge >= 0.3 is 53.7 Å². The smallest absolute Gasteiger partial charge is 0.350 e. The number of nitrogens with zero attached hydrogens (tertiary/aromatic N) is 1. The van der Waals surface area contributed by atoms with Crippen LogP contribution in [0.5, 0.6) is 0 Å². The predicted octanol–water partition coefficient (Wildman–Crippen LogP) is 2.32. The number of aryl methyl sites for hydroxylation is 1. The predicted molar refractivity (Wildman–Crippen MR) is 221 cm³/mol. The van der Waals surface area contributed by atoms with E-state index in [4.69, 9.17) is 56.2 Å². The van der Waals surface area contributed by atoms with Crippen LogP contribution in [0.25, 0.3) is 0 Å². The zero-order valence-corrected chi connectivity index (χ0v) is 38.5. The van der Waals surface area contributed by atoms with Crippen LogP contribution >= 0.6 is 0 Å². The van der Waals surface area contributed by atoms with Gasteiger partial charge in [-0.3, -0.25) is 29.0 Å². The van der Waals surface area contributed by atoms with Gasteiger partial charge in [-0.25, -0.2) is 19.2 Å². The fourth-order valence-corrected chi connectivity index (χ4v) is 10.3. The van der Waals surface area contributed by atoms with Gasteiger partial charge in [0, 0.05) is 47.2 Å². The Hall–Kier alpha value is -7.14.